The Hall–Kier alpha value is -1.39. The molecule has 1 aromatic carbocycles. The average Bonchev–Trinajstić information content (AvgIpc) is 2.67. The van der Waals surface area contributed by atoms with E-state index >= 15 is 0 Å². The molecule has 2 atom stereocenters. The van der Waals surface area contributed by atoms with Crippen LogP contribution in [0.25, 0.3) is 0 Å². The summed E-state index contributed by atoms with van der Waals surface area (Å²) in [5, 5.41) is 22.4. The number of carbonyl (C=O) groups is 1. The van der Waals surface area contributed by atoms with Crippen molar-refractivity contribution in [3.63, 3.8) is 0 Å². The maximum absolute atomic E-state index is 11.2. The number of rotatable bonds is 15. The van der Waals surface area contributed by atoms with Gasteiger partial charge in [-0.1, -0.05) is 89.0 Å². The summed E-state index contributed by atoms with van der Waals surface area (Å²) in [5.74, 6) is -0.255. The van der Waals surface area contributed by atoms with E-state index < -0.39 is 12.1 Å². The van der Waals surface area contributed by atoms with Crippen LogP contribution in [0.4, 0.5) is 0 Å². The highest BCUT2D eigenvalue weighted by Gasteiger charge is 2.21. The van der Waals surface area contributed by atoms with Gasteiger partial charge in [0.25, 0.3) is 0 Å². The Labute approximate surface area is 165 Å². The summed E-state index contributed by atoms with van der Waals surface area (Å²) in [7, 11) is 0. The van der Waals surface area contributed by atoms with Gasteiger partial charge in [0.15, 0.2) is 0 Å². The average molecular weight is 378 g/mol. The lowest BCUT2D eigenvalue weighted by Crippen LogP contribution is -2.40. The van der Waals surface area contributed by atoms with Crippen molar-refractivity contribution < 1.29 is 15.0 Å². The normalized spacial score (nSPS) is 13.3. The van der Waals surface area contributed by atoms with Crippen molar-refractivity contribution in [3.05, 3.63) is 35.4 Å². The molecule has 0 aliphatic heterocycles. The van der Waals surface area contributed by atoms with E-state index in [0.717, 1.165) is 18.4 Å². The summed E-state index contributed by atoms with van der Waals surface area (Å²) >= 11 is 0. The van der Waals surface area contributed by atoms with Gasteiger partial charge in [0, 0.05) is 6.92 Å². The molecule has 1 aromatic rings. The Balaban J connectivity index is 2.28. The third-order valence-electron chi connectivity index (χ3n) is 5.08. The number of aliphatic hydroxyl groups is 2. The number of hydrogen-bond donors (Lipinski definition) is 3. The van der Waals surface area contributed by atoms with Gasteiger partial charge < -0.3 is 15.5 Å². The number of unbranched alkanes of at least 4 members (excludes halogenated alkanes) is 9. The van der Waals surface area contributed by atoms with Gasteiger partial charge in [-0.2, -0.15) is 0 Å². The van der Waals surface area contributed by atoms with Gasteiger partial charge in [-0.15, -0.1) is 0 Å². The van der Waals surface area contributed by atoms with Gasteiger partial charge in [0.2, 0.25) is 5.91 Å². The van der Waals surface area contributed by atoms with Crippen molar-refractivity contribution in [3.8, 4) is 0 Å². The second kappa shape index (κ2) is 14.6. The number of aryl methyl sites for hydroxylation is 1. The lowest BCUT2D eigenvalue weighted by atomic mass is 9.98. The van der Waals surface area contributed by atoms with Crippen LogP contribution in [0.3, 0.4) is 0 Å². The van der Waals surface area contributed by atoms with Crippen LogP contribution in [0.2, 0.25) is 0 Å². The van der Waals surface area contributed by atoms with Crippen LogP contribution in [-0.4, -0.2) is 28.8 Å². The van der Waals surface area contributed by atoms with E-state index in [-0.39, 0.29) is 12.5 Å². The summed E-state index contributed by atoms with van der Waals surface area (Å²) in [6.07, 6.45) is 13.3. The second-order valence-electron chi connectivity index (χ2n) is 7.61. The number of hydrogen-bond acceptors (Lipinski definition) is 3. The van der Waals surface area contributed by atoms with Crippen LogP contribution in [0.5, 0.6) is 0 Å². The van der Waals surface area contributed by atoms with Crippen LogP contribution in [-0.2, 0) is 11.2 Å². The van der Waals surface area contributed by atoms with Crippen LogP contribution in [0.15, 0.2) is 24.3 Å². The summed E-state index contributed by atoms with van der Waals surface area (Å²) < 4.78 is 0. The molecule has 0 aliphatic carbocycles. The van der Waals surface area contributed by atoms with E-state index in [1.165, 1.54) is 70.3 Å². The van der Waals surface area contributed by atoms with Gasteiger partial charge in [-0.05, 0) is 24.0 Å². The smallest absolute Gasteiger partial charge is 0.217 e. The van der Waals surface area contributed by atoms with Crippen molar-refractivity contribution >= 4 is 5.91 Å². The highest BCUT2D eigenvalue weighted by Crippen LogP contribution is 2.20. The highest BCUT2D eigenvalue weighted by atomic mass is 16.3. The molecule has 2 unspecified atom stereocenters. The molecule has 4 heteroatoms. The van der Waals surface area contributed by atoms with Gasteiger partial charge >= 0.3 is 0 Å². The predicted octanol–water partition coefficient (Wildman–Crippen LogP) is 4.68. The van der Waals surface area contributed by atoms with E-state index in [1.807, 2.05) is 18.2 Å². The molecule has 27 heavy (non-hydrogen) atoms. The van der Waals surface area contributed by atoms with Gasteiger partial charge in [-0.25, -0.2) is 0 Å². The zero-order valence-electron chi connectivity index (χ0n) is 17.3. The van der Waals surface area contributed by atoms with Crippen LogP contribution >= 0.6 is 0 Å². The fraction of sp³-hybridized carbons (Fsp3) is 0.696. The lowest BCUT2D eigenvalue weighted by molar-refractivity contribution is -0.121. The number of amides is 1. The SMILES string of the molecule is CCCCCCCCCCCCc1cccc(C(O)C(CO)NC(C)=O)c1. The van der Waals surface area contributed by atoms with Gasteiger partial charge in [-0.3, -0.25) is 4.79 Å². The van der Waals surface area contributed by atoms with Crippen molar-refractivity contribution in [2.45, 2.75) is 96.6 Å². The molecule has 0 saturated carbocycles. The standard InChI is InChI=1S/C23H39NO3/c1-3-4-5-6-7-8-9-10-11-12-14-20-15-13-16-21(17-20)23(27)22(18-25)24-19(2)26/h13,15-17,22-23,25,27H,3-12,14,18H2,1-2H3,(H,24,26). The third kappa shape index (κ3) is 10.5. The first-order chi connectivity index (χ1) is 13.1. The van der Waals surface area contributed by atoms with Crippen LogP contribution < -0.4 is 5.32 Å². The molecule has 4 nitrogen and oxygen atoms in total. The Kier molecular flexibility index (Phi) is 12.8. The molecule has 0 spiro atoms. The fourth-order valence-corrected chi connectivity index (χ4v) is 3.47. The maximum atomic E-state index is 11.2. The highest BCUT2D eigenvalue weighted by molar-refractivity contribution is 5.73. The lowest BCUT2D eigenvalue weighted by Gasteiger charge is -2.22. The van der Waals surface area contributed by atoms with E-state index in [0.29, 0.717) is 0 Å². The molecular formula is C23H39NO3. The Bertz CT molecular complexity index is 518. The maximum Gasteiger partial charge on any atom is 0.217 e. The van der Waals surface area contributed by atoms with Crippen LogP contribution in [0, 0.1) is 0 Å². The molecule has 0 radical (unpaired) electrons. The van der Waals surface area contributed by atoms with E-state index in [1.54, 1.807) is 0 Å². The quantitative estimate of drug-likeness (QED) is 0.389. The second-order valence-corrected chi connectivity index (χ2v) is 7.61. The zero-order valence-corrected chi connectivity index (χ0v) is 17.3. The molecule has 0 fully saturated rings. The van der Waals surface area contributed by atoms with Crippen molar-refractivity contribution in [1.29, 1.82) is 0 Å². The third-order valence-corrected chi connectivity index (χ3v) is 5.08. The number of carbonyl (C=O) groups excluding carboxylic acids is 1. The Morgan fingerprint density at radius 2 is 1.59 bits per heavy atom. The minimum Gasteiger partial charge on any atom is -0.394 e. The Morgan fingerprint density at radius 1 is 1.00 bits per heavy atom. The molecule has 1 rings (SSSR count). The number of benzene rings is 1. The fourth-order valence-electron chi connectivity index (χ4n) is 3.47. The van der Waals surface area contributed by atoms with Gasteiger partial charge in [0.05, 0.1) is 12.6 Å². The molecule has 0 heterocycles. The molecule has 1 amide bonds. The zero-order chi connectivity index (χ0) is 19.9. The first kappa shape index (κ1) is 23.6. The Morgan fingerprint density at radius 3 is 2.15 bits per heavy atom. The predicted molar refractivity (Wildman–Crippen MR) is 112 cm³/mol. The molecule has 3 N–H and O–H groups in total. The molecule has 0 aliphatic rings. The number of nitrogens with one attached hydrogen (secondary N) is 1. The molecule has 0 bridgehead atoms. The minimum atomic E-state index is -0.897. The first-order valence-corrected chi connectivity index (χ1v) is 10.7. The topological polar surface area (TPSA) is 69.6 Å². The number of aliphatic hydroxyl groups excluding tert-OH is 2. The van der Waals surface area contributed by atoms with E-state index in [4.69, 9.17) is 0 Å². The molecule has 0 aromatic heterocycles. The monoisotopic (exact) mass is 377 g/mol. The summed E-state index contributed by atoms with van der Waals surface area (Å²) in [4.78, 5) is 11.2. The molecule has 0 saturated heterocycles. The van der Waals surface area contributed by atoms with Crippen LogP contribution in [0.1, 0.15) is 95.3 Å². The summed E-state index contributed by atoms with van der Waals surface area (Å²) in [6.45, 7) is 3.35. The molecular weight excluding hydrogens is 338 g/mol. The minimum absolute atomic E-state index is 0.255. The van der Waals surface area contributed by atoms with Crippen molar-refractivity contribution in [2.75, 3.05) is 6.61 Å². The van der Waals surface area contributed by atoms with E-state index in [9.17, 15) is 15.0 Å². The summed E-state index contributed by atoms with van der Waals surface area (Å²) in [5.41, 5.74) is 1.94. The summed E-state index contributed by atoms with van der Waals surface area (Å²) in [6, 6.07) is 7.18. The molecule has 154 valence electrons. The largest absolute Gasteiger partial charge is 0.394 e. The van der Waals surface area contributed by atoms with Crippen molar-refractivity contribution in [2.24, 2.45) is 0 Å². The van der Waals surface area contributed by atoms with Gasteiger partial charge in [0.1, 0.15) is 6.10 Å². The van der Waals surface area contributed by atoms with Crippen molar-refractivity contribution in [1.82, 2.24) is 5.32 Å². The van der Waals surface area contributed by atoms with E-state index in [2.05, 4.69) is 18.3 Å². The first-order valence-electron chi connectivity index (χ1n) is 10.7.